The number of carbonyl (C=O) groups is 2. The molecule has 0 amide bonds. The third-order valence-electron chi connectivity index (χ3n) is 1.83. The van der Waals surface area contributed by atoms with Crippen LogP contribution in [0.3, 0.4) is 0 Å². The highest BCUT2D eigenvalue weighted by Gasteiger charge is 1.86. The summed E-state index contributed by atoms with van der Waals surface area (Å²) in [5.41, 5.74) is 7.54. The summed E-state index contributed by atoms with van der Waals surface area (Å²) < 4.78 is 0. The largest absolute Gasteiger partial charge is 0.545 e. The molecule has 0 heterocycles. The van der Waals surface area contributed by atoms with Gasteiger partial charge in [-0.1, -0.05) is 12.2 Å². The zero-order chi connectivity index (χ0) is 14.2. The van der Waals surface area contributed by atoms with Crippen molar-refractivity contribution in [2.75, 3.05) is 13.1 Å². The zero-order valence-electron chi connectivity index (χ0n) is 10.6. The Hall–Kier alpha value is -1.66. The van der Waals surface area contributed by atoms with E-state index >= 15 is 0 Å². The predicted octanol–water partition coefficient (Wildman–Crippen LogP) is -3.37. The smallest absolute Gasteiger partial charge is 0.0739 e. The number of rotatable bonds is 8. The van der Waals surface area contributed by atoms with E-state index in [1.807, 2.05) is 0 Å². The normalized spacial score (nSPS) is 10.3. The number of unbranched alkanes of at least 4 members (excludes halogenated alkanes) is 3. The van der Waals surface area contributed by atoms with Crippen molar-refractivity contribution >= 4 is 11.9 Å². The summed E-state index contributed by atoms with van der Waals surface area (Å²) in [4.78, 5) is 19.3. The predicted molar refractivity (Wildman–Crippen MR) is 62.3 cm³/mol. The lowest BCUT2D eigenvalue weighted by Gasteiger charge is -1.91. The lowest BCUT2D eigenvalue weighted by atomic mass is 10.2. The average Bonchev–Trinajstić information content (AvgIpc) is 2.31. The fourth-order valence-electron chi connectivity index (χ4n) is 0.975. The number of hydrogen-bond donors (Lipinski definition) is 2. The number of aliphatic carboxylic acids is 2. The van der Waals surface area contributed by atoms with Crippen molar-refractivity contribution < 1.29 is 31.3 Å². The molecule has 0 aromatic rings. The molecule has 0 fully saturated rings. The molecule has 6 heteroatoms. The van der Waals surface area contributed by atoms with Crippen LogP contribution < -0.4 is 21.7 Å². The molecule has 0 saturated carbocycles. The van der Waals surface area contributed by atoms with E-state index < -0.39 is 11.9 Å². The van der Waals surface area contributed by atoms with Gasteiger partial charge in [-0.15, -0.1) is 0 Å². The Bertz CT molecular complexity index is 247. The quantitative estimate of drug-likeness (QED) is 0.267. The molecule has 0 aromatic carbocycles. The summed E-state index contributed by atoms with van der Waals surface area (Å²) in [6.07, 6.45) is 8.76. The second-order valence-electron chi connectivity index (χ2n) is 3.48. The Labute approximate surface area is 107 Å². The van der Waals surface area contributed by atoms with Crippen LogP contribution in [0.15, 0.2) is 24.3 Å². The molecule has 0 radical (unpaired) electrons. The molecule has 0 aliphatic carbocycles. The Morgan fingerprint density at radius 2 is 1.11 bits per heavy atom. The molecular weight excluding hydrogens is 236 g/mol. The lowest BCUT2D eigenvalue weighted by molar-refractivity contribution is -0.371. The SMILES string of the molecule is O=C([O-])/C=C/C=C/C(=O)[O-].[NH3+]CCCCCC[NH3+]. The van der Waals surface area contributed by atoms with Crippen LogP contribution in [0.1, 0.15) is 25.7 Å². The molecule has 6 N–H and O–H groups in total. The molecule has 0 aromatic heterocycles. The van der Waals surface area contributed by atoms with Gasteiger partial charge in [0.25, 0.3) is 0 Å². The van der Waals surface area contributed by atoms with Gasteiger partial charge in [-0.25, -0.2) is 0 Å². The van der Waals surface area contributed by atoms with Crippen LogP contribution in [0.25, 0.3) is 0 Å². The highest BCUT2D eigenvalue weighted by molar-refractivity contribution is 5.80. The number of carboxylic acid groups (broad SMARTS) is 2. The van der Waals surface area contributed by atoms with Gasteiger partial charge in [0.2, 0.25) is 0 Å². The van der Waals surface area contributed by atoms with Crippen LogP contribution >= 0.6 is 0 Å². The summed E-state index contributed by atoms with van der Waals surface area (Å²) in [7, 11) is 0. The van der Waals surface area contributed by atoms with Crippen LogP contribution in [0.4, 0.5) is 0 Å². The minimum atomic E-state index is -1.37. The van der Waals surface area contributed by atoms with E-state index in [4.69, 9.17) is 0 Å². The number of carbonyl (C=O) groups excluding carboxylic acids is 2. The Balaban J connectivity index is 0. The minimum absolute atomic E-state index is 0.708. The van der Waals surface area contributed by atoms with E-state index in [-0.39, 0.29) is 0 Å². The van der Waals surface area contributed by atoms with E-state index in [0.29, 0.717) is 12.2 Å². The molecule has 0 bridgehead atoms. The molecule has 6 nitrogen and oxygen atoms in total. The molecule has 0 unspecified atom stereocenters. The van der Waals surface area contributed by atoms with Crippen LogP contribution in [-0.4, -0.2) is 25.0 Å². The number of hydrogen-bond acceptors (Lipinski definition) is 4. The highest BCUT2D eigenvalue weighted by Crippen LogP contribution is 1.94. The van der Waals surface area contributed by atoms with Gasteiger partial charge in [0.1, 0.15) is 0 Å². The second-order valence-corrected chi connectivity index (χ2v) is 3.48. The molecule has 0 atom stereocenters. The second kappa shape index (κ2) is 15.3. The average molecular weight is 258 g/mol. The molecule has 0 spiro atoms. The van der Waals surface area contributed by atoms with Crippen LogP contribution in [0, 0.1) is 0 Å². The third kappa shape index (κ3) is 23.9. The Morgan fingerprint density at radius 1 is 0.778 bits per heavy atom. The van der Waals surface area contributed by atoms with E-state index in [1.165, 1.54) is 25.7 Å². The monoisotopic (exact) mass is 258 g/mol. The van der Waals surface area contributed by atoms with Gasteiger partial charge in [0, 0.05) is 0 Å². The number of quaternary nitrogens is 2. The Kier molecular flexibility index (Phi) is 15.9. The maximum Gasteiger partial charge on any atom is 0.0739 e. The van der Waals surface area contributed by atoms with Gasteiger partial charge >= 0.3 is 0 Å². The van der Waals surface area contributed by atoms with Gasteiger partial charge in [-0.3, -0.25) is 0 Å². The molecule has 0 saturated heterocycles. The first-order valence-electron chi connectivity index (χ1n) is 5.89. The van der Waals surface area contributed by atoms with Gasteiger partial charge in [-0.2, -0.15) is 0 Å². The van der Waals surface area contributed by atoms with Crippen molar-refractivity contribution in [3.63, 3.8) is 0 Å². The molecule has 0 aliphatic rings. The molecular formula is C12H22N2O4. The van der Waals surface area contributed by atoms with Crippen LogP contribution in [-0.2, 0) is 9.59 Å². The summed E-state index contributed by atoms with van der Waals surface area (Å²) in [5.74, 6) is -2.74. The van der Waals surface area contributed by atoms with E-state index in [9.17, 15) is 19.8 Å². The van der Waals surface area contributed by atoms with Crippen molar-refractivity contribution in [1.82, 2.24) is 0 Å². The number of carboxylic acids is 2. The van der Waals surface area contributed by atoms with Gasteiger partial charge < -0.3 is 31.3 Å². The van der Waals surface area contributed by atoms with Crippen molar-refractivity contribution in [2.24, 2.45) is 0 Å². The highest BCUT2D eigenvalue weighted by atomic mass is 16.4. The summed E-state index contributed by atoms with van der Waals surface area (Å²) in [6, 6.07) is 0. The van der Waals surface area contributed by atoms with Gasteiger partial charge in [-0.05, 0) is 37.8 Å². The first kappa shape index (κ1) is 18.7. The maximum atomic E-state index is 9.65. The molecule has 0 rings (SSSR count). The first-order valence-corrected chi connectivity index (χ1v) is 5.89. The van der Waals surface area contributed by atoms with Crippen molar-refractivity contribution in [3.8, 4) is 0 Å². The van der Waals surface area contributed by atoms with Crippen molar-refractivity contribution in [1.29, 1.82) is 0 Å². The van der Waals surface area contributed by atoms with Gasteiger partial charge in [0.05, 0.1) is 25.0 Å². The van der Waals surface area contributed by atoms with Crippen molar-refractivity contribution in [2.45, 2.75) is 25.7 Å². The summed E-state index contributed by atoms with van der Waals surface area (Å²) >= 11 is 0. The minimum Gasteiger partial charge on any atom is -0.545 e. The van der Waals surface area contributed by atoms with Crippen LogP contribution in [0.5, 0.6) is 0 Å². The lowest BCUT2D eigenvalue weighted by Crippen LogP contribution is -2.50. The fraction of sp³-hybridized carbons (Fsp3) is 0.500. The van der Waals surface area contributed by atoms with Crippen LogP contribution in [0.2, 0.25) is 0 Å². The zero-order valence-corrected chi connectivity index (χ0v) is 10.6. The van der Waals surface area contributed by atoms with Crippen molar-refractivity contribution in [3.05, 3.63) is 24.3 Å². The van der Waals surface area contributed by atoms with E-state index in [1.54, 1.807) is 0 Å². The summed E-state index contributed by atoms with van der Waals surface area (Å²) in [6.45, 7) is 2.19. The fourth-order valence-corrected chi connectivity index (χ4v) is 0.975. The molecule has 104 valence electrons. The standard InChI is InChI=1S/C6H16N2.C6H6O4/c7-5-3-1-2-4-6-8;7-5(8)3-1-2-4-6(9)10/h1-8H2;1-4H,(H,7,8)(H,9,10)/b;3-1+,4-2+. The van der Waals surface area contributed by atoms with E-state index in [0.717, 1.165) is 25.2 Å². The van der Waals surface area contributed by atoms with Gasteiger partial charge in [0.15, 0.2) is 0 Å². The third-order valence-corrected chi connectivity index (χ3v) is 1.83. The topological polar surface area (TPSA) is 136 Å². The first-order chi connectivity index (χ1) is 8.54. The Morgan fingerprint density at radius 3 is 1.33 bits per heavy atom. The maximum absolute atomic E-state index is 9.65. The summed E-state index contributed by atoms with van der Waals surface area (Å²) in [5, 5.41) is 19.3. The molecule has 18 heavy (non-hydrogen) atoms. The number of allylic oxidation sites excluding steroid dienone is 2. The molecule has 0 aliphatic heterocycles. The van der Waals surface area contributed by atoms with E-state index in [2.05, 4.69) is 11.5 Å².